The Morgan fingerprint density at radius 2 is 1.85 bits per heavy atom. The molecule has 1 N–H and O–H groups in total. The number of benzene rings is 2. The van der Waals surface area contributed by atoms with Crippen molar-refractivity contribution in [3.05, 3.63) is 59.2 Å². The molecule has 0 aliphatic heterocycles. The van der Waals surface area contributed by atoms with Gasteiger partial charge in [-0.1, -0.05) is 37.1 Å². The van der Waals surface area contributed by atoms with Crippen LogP contribution in [0, 0.1) is 13.8 Å². The summed E-state index contributed by atoms with van der Waals surface area (Å²) in [6.45, 7) is 6.51. The van der Waals surface area contributed by atoms with Gasteiger partial charge >= 0.3 is 0 Å². The van der Waals surface area contributed by atoms with Gasteiger partial charge in [0.25, 0.3) is 15.9 Å². The highest BCUT2D eigenvalue weighted by atomic mass is 32.2. The quantitative estimate of drug-likeness (QED) is 0.797. The lowest BCUT2D eigenvalue weighted by Gasteiger charge is -2.17. The van der Waals surface area contributed by atoms with Crippen molar-refractivity contribution < 1.29 is 13.2 Å². The van der Waals surface area contributed by atoms with E-state index in [1.807, 2.05) is 26.0 Å². The highest BCUT2D eigenvalue weighted by molar-refractivity contribution is 7.92. The van der Waals surface area contributed by atoms with Crippen molar-refractivity contribution in [2.75, 3.05) is 18.3 Å². The van der Waals surface area contributed by atoms with Crippen molar-refractivity contribution in [3.8, 4) is 0 Å². The standard InChI is InChI=1S/C20H26N2O3S/c1-5-6-12-22(4)20(23)17-8-7-9-18(14-17)26(24,25)21-19-11-10-15(2)13-16(19)3/h7-11,13-14,21H,5-6,12H2,1-4H3. The predicted molar refractivity (Wildman–Crippen MR) is 105 cm³/mol. The smallest absolute Gasteiger partial charge is 0.261 e. The largest absolute Gasteiger partial charge is 0.342 e. The first-order valence-electron chi connectivity index (χ1n) is 8.70. The molecule has 6 heteroatoms. The topological polar surface area (TPSA) is 66.5 Å². The van der Waals surface area contributed by atoms with Gasteiger partial charge in [0.15, 0.2) is 0 Å². The minimum Gasteiger partial charge on any atom is -0.342 e. The van der Waals surface area contributed by atoms with E-state index in [9.17, 15) is 13.2 Å². The van der Waals surface area contributed by atoms with Crippen LogP contribution >= 0.6 is 0 Å². The van der Waals surface area contributed by atoms with Crippen LogP contribution in [0.4, 0.5) is 5.69 Å². The van der Waals surface area contributed by atoms with Crippen LogP contribution in [0.15, 0.2) is 47.4 Å². The van der Waals surface area contributed by atoms with Crippen molar-refractivity contribution in [2.24, 2.45) is 0 Å². The summed E-state index contributed by atoms with van der Waals surface area (Å²) in [6, 6.07) is 11.7. The number of nitrogens with one attached hydrogen (secondary N) is 1. The van der Waals surface area contributed by atoms with Crippen LogP contribution in [0.25, 0.3) is 0 Å². The second kappa shape index (κ2) is 8.36. The average molecular weight is 375 g/mol. The molecule has 0 radical (unpaired) electrons. The normalized spacial score (nSPS) is 11.2. The maximum Gasteiger partial charge on any atom is 0.261 e. The van der Waals surface area contributed by atoms with E-state index in [0.29, 0.717) is 17.8 Å². The number of unbranched alkanes of at least 4 members (excludes halogenated alkanes) is 1. The van der Waals surface area contributed by atoms with Gasteiger partial charge in [-0.15, -0.1) is 0 Å². The van der Waals surface area contributed by atoms with Crippen molar-refractivity contribution in [3.63, 3.8) is 0 Å². The summed E-state index contributed by atoms with van der Waals surface area (Å²) in [5, 5.41) is 0. The molecule has 0 saturated heterocycles. The second-order valence-corrected chi connectivity index (χ2v) is 8.21. The van der Waals surface area contributed by atoms with Gasteiger partial charge in [-0.3, -0.25) is 9.52 Å². The average Bonchev–Trinajstić information content (AvgIpc) is 2.61. The molecule has 0 heterocycles. The van der Waals surface area contributed by atoms with E-state index in [0.717, 1.165) is 24.0 Å². The molecule has 140 valence electrons. The lowest BCUT2D eigenvalue weighted by molar-refractivity contribution is 0.0793. The van der Waals surface area contributed by atoms with E-state index in [-0.39, 0.29) is 10.8 Å². The van der Waals surface area contributed by atoms with Crippen LogP contribution in [0.3, 0.4) is 0 Å². The van der Waals surface area contributed by atoms with Crippen molar-refractivity contribution >= 4 is 21.6 Å². The highest BCUT2D eigenvalue weighted by Gasteiger charge is 2.18. The molecule has 26 heavy (non-hydrogen) atoms. The summed E-state index contributed by atoms with van der Waals surface area (Å²) < 4.78 is 28.0. The maximum absolute atomic E-state index is 12.7. The second-order valence-electron chi connectivity index (χ2n) is 6.53. The van der Waals surface area contributed by atoms with Gasteiger partial charge < -0.3 is 4.90 Å². The third-order valence-corrected chi connectivity index (χ3v) is 5.57. The fourth-order valence-corrected chi connectivity index (χ4v) is 3.82. The Labute approximate surface area is 156 Å². The molecular weight excluding hydrogens is 348 g/mol. The molecule has 0 bridgehead atoms. The number of amides is 1. The number of sulfonamides is 1. The van der Waals surface area contributed by atoms with Crippen molar-refractivity contribution in [1.29, 1.82) is 0 Å². The molecule has 1 amide bonds. The molecular formula is C20H26N2O3S. The SMILES string of the molecule is CCCCN(C)C(=O)c1cccc(S(=O)(=O)Nc2ccc(C)cc2C)c1. The number of carbonyl (C=O) groups excluding carboxylic acids is 1. The summed E-state index contributed by atoms with van der Waals surface area (Å²) >= 11 is 0. The van der Waals surface area contributed by atoms with E-state index < -0.39 is 10.0 Å². The van der Waals surface area contributed by atoms with Crippen molar-refractivity contribution in [1.82, 2.24) is 4.90 Å². The minimum absolute atomic E-state index is 0.0761. The molecule has 5 nitrogen and oxygen atoms in total. The van der Waals surface area contributed by atoms with Gasteiger partial charge in [0, 0.05) is 19.2 Å². The van der Waals surface area contributed by atoms with Crippen LogP contribution in [0.2, 0.25) is 0 Å². The number of nitrogens with zero attached hydrogens (tertiary/aromatic N) is 1. The zero-order chi connectivity index (χ0) is 19.3. The number of hydrogen-bond acceptors (Lipinski definition) is 3. The molecule has 0 unspecified atom stereocenters. The predicted octanol–water partition coefficient (Wildman–Crippen LogP) is 3.98. The first kappa shape index (κ1) is 20.0. The van der Waals surface area contributed by atoms with Crippen LogP contribution in [-0.4, -0.2) is 32.8 Å². The fraction of sp³-hybridized carbons (Fsp3) is 0.350. The Morgan fingerprint density at radius 3 is 2.50 bits per heavy atom. The minimum atomic E-state index is -3.77. The summed E-state index contributed by atoms with van der Waals surface area (Å²) in [7, 11) is -2.04. The summed E-state index contributed by atoms with van der Waals surface area (Å²) in [4.78, 5) is 14.2. The van der Waals surface area contributed by atoms with Gasteiger partial charge in [0.1, 0.15) is 0 Å². The Bertz CT molecular complexity index is 892. The molecule has 2 aromatic rings. The van der Waals surface area contributed by atoms with Gasteiger partial charge in [-0.25, -0.2) is 8.42 Å². The number of hydrogen-bond donors (Lipinski definition) is 1. The first-order chi connectivity index (χ1) is 12.2. The molecule has 2 aromatic carbocycles. The lowest BCUT2D eigenvalue weighted by Crippen LogP contribution is -2.28. The number of carbonyl (C=O) groups is 1. The van der Waals surface area contributed by atoms with Crippen molar-refractivity contribution in [2.45, 2.75) is 38.5 Å². The lowest BCUT2D eigenvalue weighted by atomic mass is 10.1. The van der Waals surface area contributed by atoms with Crippen LogP contribution in [0.1, 0.15) is 41.3 Å². The van der Waals surface area contributed by atoms with Crippen LogP contribution < -0.4 is 4.72 Å². The molecule has 0 fully saturated rings. The number of rotatable bonds is 7. The van der Waals surface area contributed by atoms with E-state index in [1.54, 1.807) is 30.1 Å². The highest BCUT2D eigenvalue weighted by Crippen LogP contribution is 2.21. The summed E-state index contributed by atoms with van der Waals surface area (Å²) in [6.07, 6.45) is 1.90. The van der Waals surface area contributed by atoms with E-state index in [2.05, 4.69) is 11.6 Å². The van der Waals surface area contributed by atoms with E-state index >= 15 is 0 Å². The first-order valence-corrected chi connectivity index (χ1v) is 10.2. The maximum atomic E-state index is 12.7. The van der Waals surface area contributed by atoms with Gasteiger partial charge in [0.05, 0.1) is 10.6 Å². The van der Waals surface area contributed by atoms with Gasteiger partial charge in [-0.2, -0.15) is 0 Å². The Hall–Kier alpha value is -2.34. The molecule has 0 spiro atoms. The van der Waals surface area contributed by atoms with E-state index in [1.165, 1.54) is 12.1 Å². The summed E-state index contributed by atoms with van der Waals surface area (Å²) in [5.41, 5.74) is 2.81. The zero-order valence-corrected chi connectivity index (χ0v) is 16.6. The van der Waals surface area contributed by atoms with Gasteiger partial charge in [0.2, 0.25) is 0 Å². The molecule has 2 rings (SSSR count). The molecule has 0 saturated carbocycles. The number of anilines is 1. The molecule has 0 aliphatic rings. The molecule has 0 aromatic heterocycles. The van der Waals surface area contributed by atoms with Crippen LogP contribution in [-0.2, 0) is 10.0 Å². The zero-order valence-electron chi connectivity index (χ0n) is 15.7. The summed E-state index contributed by atoms with van der Waals surface area (Å²) in [5.74, 6) is -0.179. The van der Waals surface area contributed by atoms with E-state index in [4.69, 9.17) is 0 Å². The third kappa shape index (κ3) is 4.85. The fourth-order valence-electron chi connectivity index (χ4n) is 2.65. The van der Waals surface area contributed by atoms with Gasteiger partial charge in [-0.05, 0) is 50.1 Å². The Balaban J connectivity index is 2.26. The monoisotopic (exact) mass is 374 g/mol. The third-order valence-electron chi connectivity index (χ3n) is 4.21. The van der Waals surface area contributed by atoms with Crippen LogP contribution in [0.5, 0.6) is 0 Å². The Morgan fingerprint density at radius 1 is 1.12 bits per heavy atom. The molecule has 0 atom stereocenters. The Kier molecular flexibility index (Phi) is 6.42. The number of aryl methyl sites for hydroxylation is 2. The molecule has 0 aliphatic carbocycles.